The van der Waals surface area contributed by atoms with Crippen LogP contribution in [0.1, 0.15) is 0 Å². The van der Waals surface area contributed by atoms with Gasteiger partial charge in [0.05, 0.1) is 0 Å². The maximum Gasteiger partial charge on any atom is 2.00 e. The molecule has 0 aliphatic rings. The molecule has 1 radical (unpaired) electrons. The molecule has 19 heavy (non-hydrogen) atoms. The maximum absolute atomic E-state index is 8.80. The molecule has 0 aromatic heterocycles. The number of phenolic OH excluding ortho intramolecular Hbond substituents is 2. The number of aromatic hydroxyl groups is 2. The molecule has 0 spiro atoms. The summed E-state index contributed by atoms with van der Waals surface area (Å²) in [5.41, 5.74) is 25.8. The summed E-state index contributed by atoms with van der Waals surface area (Å²) in [5, 5.41) is 17.6. The third-order valence-electron chi connectivity index (χ3n) is 2.04. The minimum absolute atomic E-state index is 0. The summed E-state index contributed by atoms with van der Waals surface area (Å²) < 4.78 is 0. The monoisotopic (exact) mass is 309 g/mol. The van der Waals surface area contributed by atoms with Crippen molar-refractivity contribution in [3.8, 4) is 11.5 Å². The van der Waals surface area contributed by atoms with Crippen molar-refractivity contribution in [1.82, 2.24) is 0 Å². The quantitative estimate of drug-likeness (QED) is 0.256. The molecule has 6 nitrogen and oxygen atoms in total. The number of nitrogens with one attached hydrogen (secondary N) is 2. The number of rotatable bonds is 0. The normalized spacial score (nSPS) is 8.84. The van der Waals surface area contributed by atoms with Crippen LogP contribution < -0.4 is 11.5 Å². The smallest absolute Gasteiger partial charge is 0.696 e. The fourth-order valence-electron chi connectivity index (χ4n) is 1.11. The Morgan fingerprint density at radius 2 is 1.05 bits per heavy atom. The van der Waals surface area contributed by atoms with E-state index < -0.39 is 0 Å². The summed E-state index contributed by atoms with van der Waals surface area (Å²) in [5.74, 6) is -0.0756. The van der Waals surface area contributed by atoms with Gasteiger partial charge in [0, 0.05) is 11.4 Å². The van der Waals surface area contributed by atoms with Gasteiger partial charge in [-0.15, -0.1) is 0 Å². The molecule has 0 unspecified atom stereocenters. The minimum Gasteiger partial charge on any atom is -0.696 e. The zero-order valence-electron chi connectivity index (χ0n) is 9.81. The molecule has 2 rings (SSSR count). The largest absolute Gasteiger partial charge is 2.00 e. The summed E-state index contributed by atoms with van der Waals surface area (Å²) in [6.07, 6.45) is 0. The SMILES string of the molecule is [Cu+2].[NH-]c1cc(N)ccc1O.[NH-]c1cc(N)ccc1O. The van der Waals surface area contributed by atoms with Crippen LogP contribution in [0.2, 0.25) is 0 Å². The zero-order chi connectivity index (χ0) is 13.7. The molecule has 7 heteroatoms. The summed E-state index contributed by atoms with van der Waals surface area (Å²) in [6, 6.07) is 8.70. The van der Waals surface area contributed by atoms with E-state index in [1.165, 1.54) is 24.3 Å². The van der Waals surface area contributed by atoms with Crippen molar-refractivity contribution in [2.75, 3.05) is 11.5 Å². The Labute approximate surface area is 121 Å². The van der Waals surface area contributed by atoms with Crippen molar-refractivity contribution in [2.45, 2.75) is 0 Å². The van der Waals surface area contributed by atoms with Crippen LogP contribution in [0.5, 0.6) is 11.5 Å². The first-order valence-electron chi connectivity index (χ1n) is 5.00. The Balaban J connectivity index is 0.000000324. The maximum atomic E-state index is 8.80. The molecule has 0 bridgehead atoms. The van der Waals surface area contributed by atoms with Gasteiger partial charge in [-0.2, -0.15) is 0 Å². The predicted molar refractivity (Wildman–Crippen MR) is 73.0 cm³/mol. The number of nitrogens with two attached hydrogens (primary N) is 2. The molecule has 0 aliphatic heterocycles. The van der Waals surface area contributed by atoms with E-state index >= 15 is 0 Å². The Kier molecular flexibility index (Phi) is 6.40. The third-order valence-corrected chi connectivity index (χ3v) is 2.04. The minimum atomic E-state index is -0.0378. The van der Waals surface area contributed by atoms with E-state index in [0.717, 1.165) is 0 Å². The van der Waals surface area contributed by atoms with Gasteiger partial charge in [0.2, 0.25) is 0 Å². The van der Waals surface area contributed by atoms with Crippen molar-refractivity contribution in [3.63, 3.8) is 0 Å². The standard InChI is InChI=1S/2C6H7N2O.Cu/c2*7-4-1-2-6(9)5(8)3-4;/h2*1-3,8-9H,7H2;/q2*-1;+2. The number of benzene rings is 2. The van der Waals surface area contributed by atoms with Gasteiger partial charge >= 0.3 is 17.1 Å². The van der Waals surface area contributed by atoms with E-state index in [1.807, 2.05) is 0 Å². The molecule has 0 saturated carbocycles. The van der Waals surface area contributed by atoms with E-state index in [1.54, 1.807) is 12.1 Å². The molecule has 2 aromatic rings. The number of nitrogen functional groups attached to an aromatic ring is 2. The molecule has 0 aliphatic carbocycles. The molecule has 105 valence electrons. The van der Waals surface area contributed by atoms with Crippen molar-refractivity contribution in [2.24, 2.45) is 0 Å². The van der Waals surface area contributed by atoms with Crippen LogP contribution in [0.4, 0.5) is 22.7 Å². The molecule has 0 heterocycles. The van der Waals surface area contributed by atoms with E-state index in [4.69, 9.17) is 33.1 Å². The summed E-state index contributed by atoms with van der Waals surface area (Å²) in [4.78, 5) is 0. The fourth-order valence-corrected chi connectivity index (χ4v) is 1.11. The van der Waals surface area contributed by atoms with Crippen LogP contribution in [0.15, 0.2) is 36.4 Å². The topological polar surface area (TPSA) is 140 Å². The van der Waals surface area contributed by atoms with Crippen LogP contribution in [0.3, 0.4) is 0 Å². The van der Waals surface area contributed by atoms with E-state index in [9.17, 15) is 0 Å². The van der Waals surface area contributed by atoms with Gasteiger partial charge in [-0.1, -0.05) is 23.5 Å². The Bertz CT molecular complexity index is 500. The molecule has 8 N–H and O–H groups in total. The van der Waals surface area contributed by atoms with Crippen molar-refractivity contribution >= 4 is 22.7 Å². The van der Waals surface area contributed by atoms with E-state index in [-0.39, 0.29) is 39.9 Å². The molecular formula is C12H14CuN4O2. The first kappa shape index (κ1) is 16.8. The van der Waals surface area contributed by atoms with Gasteiger partial charge in [0.25, 0.3) is 0 Å². The fraction of sp³-hybridized carbons (Fsp3) is 0. The second-order valence-corrected chi connectivity index (χ2v) is 3.55. The third kappa shape index (κ3) is 5.29. The Morgan fingerprint density at radius 1 is 0.737 bits per heavy atom. The zero-order valence-corrected chi connectivity index (χ0v) is 10.8. The van der Waals surface area contributed by atoms with Gasteiger partial charge in [0.15, 0.2) is 0 Å². The number of hydrogen-bond donors (Lipinski definition) is 4. The van der Waals surface area contributed by atoms with Crippen molar-refractivity contribution in [1.29, 1.82) is 0 Å². The van der Waals surface area contributed by atoms with Gasteiger partial charge in [-0.3, -0.25) is 0 Å². The Morgan fingerprint density at radius 3 is 1.26 bits per heavy atom. The van der Waals surface area contributed by atoms with Gasteiger partial charge in [0.1, 0.15) is 11.5 Å². The number of phenols is 2. The summed E-state index contributed by atoms with van der Waals surface area (Å²) in [7, 11) is 0. The van der Waals surface area contributed by atoms with Crippen molar-refractivity contribution < 1.29 is 27.3 Å². The van der Waals surface area contributed by atoms with Crippen LogP contribution in [0, 0.1) is 0 Å². The molecule has 0 atom stereocenters. The van der Waals surface area contributed by atoms with Crippen LogP contribution in [-0.4, -0.2) is 10.2 Å². The van der Waals surface area contributed by atoms with Gasteiger partial charge in [-0.05, 0) is 24.3 Å². The molecule has 0 amide bonds. The average molecular weight is 310 g/mol. The molecular weight excluding hydrogens is 296 g/mol. The van der Waals surface area contributed by atoms with Gasteiger partial charge < -0.3 is 33.1 Å². The van der Waals surface area contributed by atoms with E-state index in [0.29, 0.717) is 11.4 Å². The van der Waals surface area contributed by atoms with Gasteiger partial charge in [-0.25, -0.2) is 0 Å². The second kappa shape index (κ2) is 7.25. The van der Waals surface area contributed by atoms with E-state index in [2.05, 4.69) is 0 Å². The average Bonchev–Trinajstić information content (AvgIpc) is 2.30. The summed E-state index contributed by atoms with van der Waals surface area (Å²) >= 11 is 0. The van der Waals surface area contributed by atoms with Crippen molar-refractivity contribution in [3.05, 3.63) is 47.9 Å². The number of anilines is 2. The summed E-state index contributed by atoms with van der Waals surface area (Å²) in [6.45, 7) is 0. The van der Waals surface area contributed by atoms with Crippen LogP contribution >= 0.6 is 0 Å². The first-order chi connectivity index (χ1) is 8.40. The molecule has 0 saturated heterocycles. The first-order valence-corrected chi connectivity index (χ1v) is 5.00. The predicted octanol–water partition coefficient (Wildman–Crippen LogP) is 3.31. The van der Waals surface area contributed by atoms with Crippen LogP contribution in [0.25, 0.3) is 11.5 Å². The second-order valence-electron chi connectivity index (χ2n) is 3.55. The number of hydrogen-bond acceptors (Lipinski definition) is 4. The van der Waals surface area contributed by atoms with Crippen LogP contribution in [-0.2, 0) is 17.1 Å². The molecule has 2 aromatic carbocycles. The molecule has 0 fully saturated rings. The Hall–Kier alpha value is -2.24.